The Labute approximate surface area is 104 Å². The van der Waals surface area contributed by atoms with Crippen molar-refractivity contribution in [2.45, 2.75) is 40.2 Å². The lowest BCUT2D eigenvalue weighted by atomic mass is 9.94. The number of hydrogen-bond donors (Lipinski definition) is 2. The Bertz CT molecular complexity index is 309. The predicted molar refractivity (Wildman–Crippen MR) is 67.2 cm³/mol. The maximum atomic E-state index is 11.7. The van der Waals surface area contributed by atoms with Crippen molar-refractivity contribution in [3.8, 4) is 0 Å². The largest absolute Gasteiger partial charge is 0.480 e. The molecule has 0 rings (SSSR count). The van der Waals surface area contributed by atoms with E-state index in [9.17, 15) is 13.8 Å². The van der Waals surface area contributed by atoms with Crippen LogP contribution in [0.1, 0.15) is 34.1 Å². The third-order valence-electron chi connectivity index (χ3n) is 2.11. The molecule has 0 spiro atoms. The molecular weight excluding hydrogens is 242 g/mol. The van der Waals surface area contributed by atoms with E-state index < -0.39 is 28.7 Å². The highest BCUT2D eigenvalue weighted by Gasteiger charge is 2.22. The normalized spacial score (nSPS) is 15.1. The Kier molecular flexibility index (Phi) is 6.37. The summed E-state index contributed by atoms with van der Waals surface area (Å²) in [7, 11) is -1.23. The molecule has 0 fully saturated rings. The first-order valence-electron chi connectivity index (χ1n) is 5.47. The smallest absolute Gasteiger partial charge is 0.327 e. The molecule has 0 aliphatic heterocycles. The molecule has 2 unspecified atom stereocenters. The minimum atomic E-state index is -1.23. The molecule has 100 valence electrons. The number of carbonyl (C=O) groups excluding carboxylic acids is 1. The van der Waals surface area contributed by atoms with E-state index in [1.807, 2.05) is 20.8 Å². The van der Waals surface area contributed by atoms with Gasteiger partial charge in [0.15, 0.2) is 0 Å². The van der Waals surface area contributed by atoms with E-state index in [2.05, 4.69) is 5.32 Å². The van der Waals surface area contributed by atoms with E-state index in [1.165, 1.54) is 6.92 Å². The fourth-order valence-electron chi connectivity index (χ4n) is 1.11. The van der Waals surface area contributed by atoms with Gasteiger partial charge in [0.05, 0.1) is 5.75 Å². The molecule has 0 aromatic heterocycles. The van der Waals surface area contributed by atoms with E-state index >= 15 is 0 Å². The highest BCUT2D eigenvalue weighted by Crippen LogP contribution is 2.18. The van der Waals surface area contributed by atoms with Gasteiger partial charge in [-0.1, -0.05) is 20.8 Å². The SMILES string of the molecule is CC(=O)NC(CS(=O)CCC(C)(C)C)C(=O)O. The van der Waals surface area contributed by atoms with E-state index in [-0.39, 0.29) is 11.2 Å². The predicted octanol–water partition coefficient (Wildman–Crippen LogP) is 0.761. The molecule has 0 heterocycles. The van der Waals surface area contributed by atoms with Crippen LogP contribution in [0.15, 0.2) is 0 Å². The summed E-state index contributed by atoms with van der Waals surface area (Å²) in [5, 5.41) is 11.1. The van der Waals surface area contributed by atoms with Crippen molar-refractivity contribution in [3.05, 3.63) is 0 Å². The van der Waals surface area contributed by atoms with Gasteiger partial charge in [0.2, 0.25) is 5.91 Å². The first-order valence-corrected chi connectivity index (χ1v) is 6.95. The molecule has 0 radical (unpaired) electrons. The average molecular weight is 263 g/mol. The van der Waals surface area contributed by atoms with Gasteiger partial charge in [-0.15, -0.1) is 0 Å². The molecule has 0 aliphatic rings. The zero-order valence-corrected chi connectivity index (χ0v) is 11.6. The molecule has 0 bridgehead atoms. The molecule has 0 aromatic carbocycles. The number of carboxylic acids is 1. The Hall–Kier alpha value is -0.910. The second-order valence-corrected chi connectivity index (χ2v) is 6.83. The monoisotopic (exact) mass is 263 g/mol. The fraction of sp³-hybridized carbons (Fsp3) is 0.818. The molecular formula is C11H21NO4S. The summed E-state index contributed by atoms with van der Waals surface area (Å²) >= 11 is 0. The molecule has 0 saturated heterocycles. The number of nitrogens with one attached hydrogen (secondary N) is 1. The Morgan fingerprint density at radius 1 is 1.35 bits per heavy atom. The van der Waals surface area contributed by atoms with E-state index in [1.54, 1.807) is 0 Å². The molecule has 0 aliphatic carbocycles. The summed E-state index contributed by atoms with van der Waals surface area (Å²) in [4.78, 5) is 21.6. The van der Waals surface area contributed by atoms with Crippen LogP contribution in [0.5, 0.6) is 0 Å². The number of carboxylic acid groups (broad SMARTS) is 1. The third-order valence-corrected chi connectivity index (χ3v) is 3.47. The third kappa shape index (κ3) is 8.85. The quantitative estimate of drug-likeness (QED) is 0.741. The van der Waals surface area contributed by atoms with Gasteiger partial charge in [0.1, 0.15) is 6.04 Å². The van der Waals surface area contributed by atoms with Crippen LogP contribution in [-0.4, -0.2) is 38.7 Å². The summed E-state index contributed by atoms with van der Waals surface area (Å²) in [6, 6.07) is -1.06. The second kappa shape index (κ2) is 6.74. The number of aliphatic carboxylic acids is 1. The summed E-state index contributed by atoms with van der Waals surface area (Å²) in [5.74, 6) is -1.16. The molecule has 17 heavy (non-hydrogen) atoms. The molecule has 0 saturated carbocycles. The van der Waals surface area contributed by atoms with Crippen molar-refractivity contribution in [2.24, 2.45) is 5.41 Å². The van der Waals surface area contributed by atoms with Crippen LogP contribution in [0.25, 0.3) is 0 Å². The highest BCUT2D eigenvalue weighted by atomic mass is 32.2. The van der Waals surface area contributed by atoms with Crippen molar-refractivity contribution >= 4 is 22.7 Å². The lowest BCUT2D eigenvalue weighted by molar-refractivity contribution is -0.140. The number of amides is 1. The zero-order chi connectivity index (χ0) is 13.6. The zero-order valence-electron chi connectivity index (χ0n) is 10.8. The average Bonchev–Trinajstić information content (AvgIpc) is 2.11. The second-order valence-electron chi connectivity index (χ2n) is 5.21. The Balaban J connectivity index is 4.22. The lowest BCUT2D eigenvalue weighted by Crippen LogP contribution is -2.43. The minimum Gasteiger partial charge on any atom is -0.480 e. The highest BCUT2D eigenvalue weighted by molar-refractivity contribution is 7.85. The van der Waals surface area contributed by atoms with E-state index in [4.69, 9.17) is 5.11 Å². The van der Waals surface area contributed by atoms with Gasteiger partial charge in [0.25, 0.3) is 0 Å². The van der Waals surface area contributed by atoms with E-state index in [0.717, 1.165) is 6.42 Å². The van der Waals surface area contributed by atoms with Gasteiger partial charge in [-0.25, -0.2) is 4.79 Å². The van der Waals surface area contributed by atoms with Crippen LogP contribution in [-0.2, 0) is 20.4 Å². The summed E-state index contributed by atoms with van der Waals surface area (Å²) < 4.78 is 11.7. The Morgan fingerprint density at radius 2 is 1.88 bits per heavy atom. The van der Waals surface area contributed by atoms with E-state index in [0.29, 0.717) is 5.75 Å². The number of hydrogen-bond acceptors (Lipinski definition) is 3. The standard InChI is InChI=1S/C11H21NO4S/c1-8(13)12-9(10(14)15)7-17(16)6-5-11(2,3)4/h9H,5-7H2,1-4H3,(H,12,13)(H,14,15). The van der Waals surface area contributed by atoms with Crippen molar-refractivity contribution in [1.29, 1.82) is 0 Å². The van der Waals surface area contributed by atoms with Gasteiger partial charge < -0.3 is 10.4 Å². The molecule has 1 amide bonds. The summed E-state index contributed by atoms with van der Waals surface area (Å²) in [5.41, 5.74) is 0.0718. The first-order chi connectivity index (χ1) is 7.61. The lowest BCUT2D eigenvalue weighted by Gasteiger charge is -2.18. The van der Waals surface area contributed by atoms with Crippen LogP contribution >= 0.6 is 0 Å². The number of rotatable bonds is 6. The van der Waals surface area contributed by atoms with Gasteiger partial charge >= 0.3 is 5.97 Å². The van der Waals surface area contributed by atoms with Crippen molar-refractivity contribution in [1.82, 2.24) is 5.32 Å². The van der Waals surface area contributed by atoms with Crippen LogP contribution in [0.3, 0.4) is 0 Å². The molecule has 6 heteroatoms. The number of carbonyl (C=O) groups is 2. The summed E-state index contributed by atoms with van der Waals surface area (Å²) in [6.45, 7) is 7.35. The molecule has 0 aromatic rings. The van der Waals surface area contributed by atoms with Gasteiger partial charge in [0, 0.05) is 23.5 Å². The van der Waals surface area contributed by atoms with Crippen molar-refractivity contribution in [3.63, 3.8) is 0 Å². The van der Waals surface area contributed by atoms with Gasteiger partial charge in [-0.2, -0.15) is 0 Å². The Morgan fingerprint density at radius 3 is 2.24 bits per heavy atom. The van der Waals surface area contributed by atoms with Crippen LogP contribution in [0.4, 0.5) is 0 Å². The topological polar surface area (TPSA) is 83.5 Å². The molecule has 2 N–H and O–H groups in total. The van der Waals surface area contributed by atoms with Gasteiger partial charge in [-0.05, 0) is 11.8 Å². The van der Waals surface area contributed by atoms with Crippen LogP contribution < -0.4 is 5.32 Å². The van der Waals surface area contributed by atoms with Crippen molar-refractivity contribution < 1.29 is 18.9 Å². The van der Waals surface area contributed by atoms with Gasteiger partial charge in [-0.3, -0.25) is 9.00 Å². The summed E-state index contributed by atoms with van der Waals surface area (Å²) in [6.07, 6.45) is 0.756. The minimum absolute atomic E-state index is 0.0367. The first kappa shape index (κ1) is 16.1. The van der Waals surface area contributed by atoms with Crippen LogP contribution in [0.2, 0.25) is 0 Å². The molecule has 2 atom stereocenters. The maximum Gasteiger partial charge on any atom is 0.327 e. The van der Waals surface area contributed by atoms with Crippen LogP contribution in [0, 0.1) is 5.41 Å². The molecule has 5 nitrogen and oxygen atoms in total. The maximum absolute atomic E-state index is 11.7. The fourth-order valence-corrected chi connectivity index (χ4v) is 2.71. The van der Waals surface area contributed by atoms with Crippen molar-refractivity contribution in [2.75, 3.05) is 11.5 Å².